The van der Waals surface area contributed by atoms with Gasteiger partial charge in [0.1, 0.15) is 21.2 Å². The van der Waals surface area contributed by atoms with Gasteiger partial charge in [-0.05, 0) is 73.2 Å². The summed E-state index contributed by atoms with van der Waals surface area (Å²) in [5.41, 5.74) is 3.88. The van der Waals surface area contributed by atoms with Crippen molar-refractivity contribution in [3.8, 4) is 5.75 Å². The summed E-state index contributed by atoms with van der Waals surface area (Å²) in [6.45, 7) is 1.63. The fraction of sp³-hybridized carbons (Fsp3) is 0.0882. The smallest absolute Gasteiger partial charge is 0.335 e. The predicted octanol–water partition coefficient (Wildman–Crippen LogP) is 7.59. The van der Waals surface area contributed by atoms with Crippen molar-refractivity contribution in [2.45, 2.75) is 29.6 Å². The lowest BCUT2D eigenvalue weighted by atomic mass is 10.0. The molecule has 0 aliphatic rings. The van der Waals surface area contributed by atoms with Crippen molar-refractivity contribution in [3.05, 3.63) is 94.0 Å². The Balaban J connectivity index is 1.58. The Morgan fingerprint density at radius 1 is 0.763 bits per heavy atom. The number of aromatic hydroxyl groups is 1. The van der Waals surface area contributed by atoms with E-state index in [0.717, 1.165) is 18.2 Å². The summed E-state index contributed by atoms with van der Waals surface area (Å²) in [5.74, 6) is -4.43. The molecule has 0 fully saturated rings. The average Bonchev–Trinajstić information content (AvgIpc) is 3.15. The van der Waals surface area contributed by atoms with Crippen LogP contribution in [0, 0.1) is 17.0 Å². The Bertz CT molecular complexity index is 2920. The molecule has 0 heterocycles. The van der Waals surface area contributed by atoms with Gasteiger partial charge in [-0.15, -0.1) is 15.3 Å². The molecule has 5 aromatic rings. The first-order chi connectivity index (χ1) is 27.6. The Kier molecular flexibility index (Phi) is 12.2. The Labute approximate surface area is 330 Å². The fourth-order valence-corrected chi connectivity index (χ4v) is 6.56. The van der Waals surface area contributed by atoms with Crippen LogP contribution < -0.4 is 11.1 Å². The fourth-order valence-electron chi connectivity index (χ4n) is 5.22. The minimum Gasteiger partial charge on any atom is -0.505 e. The van der Waals surface area contributed by atoms with Gasteiger partial charge in [0.2, 0.25) is 5.91 Å². The number of amides is 1. The number of hydrogen-bond acceptors (Lipinski definition) is 17. The number of carbonyl (C=O) groups is 3. The molecule has 23 nitrogen and oxygen atoms in total. The van der Waals surface area contributed by atoms with Gasteiger partial charge in [-0.25, -0.2) is 4.79 Å². The highest BCUT2D eigenvalue weighted by atomic mass is 32.2. The van der Waals surface area contributed by atoms with Crippen LogP contribution in [0.15, 0.2) is 113 Å². The highest BCUT2D eigenvalue weighted by Crippen LogP contribution is 2.48. The van der Waals surface area contributed by atoms with Crippen LogP contribution in [0.2, 0.25) is 0 Å². The maximum absolute atomic E-state index is 12.6. The van der Waals surface area contributed by atoms with E-state index in [2.05, 4.69) is 36.0 Å². The zero-order chi connectivity index (χ0) is 43.4. The number of nitrogens with two attached hydrogens (primary N) is 1. The standard InChI is InChI=1S/C34H27N9O14S2/c1-16-11-20(6-7-22(16)39-37-19-4-2-3-17(12-19)34(48)49)38-41-24-15-26(58(52,53)54)21-14-27(59(55,56)57)32(33(47)30(21)31(24)35)42-40-23-8-5-18(13-25(23)43(50)51)36-28(44)9-10-29(45)46/h2-8,11-15,47H,9-10,35H2,1H3,(H,36,44)(H,45,46)(H,48,49)(H,52,53,54)(H,55,56,57)/b39-37+,41-38+,42-40+. The summed E-state index contributed by atoms with van der Waals surface area (Å²) in [4.78, 5) is 42.6. The number of phenolic OH excluding ortho intramolecular Hbond substituents is 1. The molecule has 1 amide bonds. The van der Waals surface area contributed by atoms with Gasteiger partial charge in [0.25, 0.3) is 25.9 Å². The Morgan fingerprint density at radius 2 is 1.39 bits per heavy atom. The van der Waals surface area contributed by atoms with E-state index in [4.69, 9.17) is 10.8 Å². The number of nitro benzene ring substituents is 1. The highest BCUT2D eigenvalue weighted by Gasteiger charge is 2.29. The number of carboxylic acid groups (broad SMARTS) is 2. The van der Waals surface area contributed by atoms with Crippen LogP contribution in [0.3, 0.4) is 0 Å². The maximum atomic E-state index is 12.6. The molecule has 0 aromatic heterocycles. The van der Waals surface area contributed by atoms with Gasteiger partial charge in [-0.2, -0.15) is 32.2 Å². The van der Waals surface area contributed by atoms with Gasteiger partial charge >= 0.3 is 11.9 Å². The van der Waals surface area contributed by atoms with Crippen LogP contribution >= 0.6 is 0 Å². The topological polar surface area (TPSA) is 376 Å². The van der Waals surface area contributed by atoms with Crippen molar-refractivity contribution in [1.29, 1.82) is 0 Å². The van der Waals surface area contributed by atoms with Gasteiger partial charge in [0.05, 0.1) is 45.0 Å². The first-order valence-corrected chi connectivity index (χ1v) is 19.1. The molecule has 0 radical (unpaired) electrons. The molecule has 5 aromatic carbocycles. The summed E-state index contributed by atoms with van der Waals surface area (Å²) in [5, 5.41) is 65.4. The minimum absolute atomic E-state index is 0.00221. The molecule has 0 saturated heterocycles. The van der Waals surface area contributed by atoms with Gasteiger partial charge in [-0.1, -0.05) is 6.07 Å². The molecule has 0 spiro atoms. The van der Waals surface area contributed by atoms with E-state index in [-0.39, 0.29) is 22.6 Å². The number of nitro groups is 1. The molecule has 5 rings (SSSR count). The van der Waals surface area contributed by atoms with E-state index >= 15 is 0 Å². The van der Waals surface area contributed by atoms with Crippen molar-refractivity contribution >= 4 is 100 Å². The molecular weight excluding hydrogens is 823 g/mol. The van der Waals surface area contributed by atoms with Crippen LogP contribution in [0.25, 0.3) is 10.8 Å². The second-order valence-electron chi connectivity index (χ2n) is 12.1. The minimum atomic E-state index is -5.41. The number of aryl methyl sites for hydroxylation is 1. The summed E-state index contributed by atoms with van der Waals surface area (Å²) in [6.07, 6.45) is -0.975. The number of benzene rings is 5. The first kappa shape index (κ1) is 42.5. The number of rotatable bonds is 14. The van der Waals surface area contributed by atoms with E-state index < -0.39 is 111 Å². The highest BCUT2D eigenvalue weighted by molar-refractivity contribution is 7.86. The summed E-state index contributed by atoms with van der Waals surface area (Å²) in [6, 6.07) is 14.2. The summed E-state index contributed by atoms with van der Waals surface area (Å²) in [7, 11) is -10.7. The molecule has 0 unspecified atom stereocenters. The van der Waals surface area contributed by atoms with Crippen molar-refractivity contribution in [2.24, 2.45) is 30.7 Å². The van der Waals surface area contributed by atoms with Gasteiger partial charge in [0.15, 0.2) is 11.4 Å². The largest absolute Gasteiger partial charge is 0.505 e. The Morgan fingerprint density at radius 3 is 2.00 bits per heavy atom. The summed E-state index contributed by atoms with van der Waals surface area (Å²) < 4.78 is 70.3. The molecule has 0 saturated carbocycles. The van der Waals surface area contributed by atoms with Crippen molar-refractivity contribution in [1.82, 2.24) is 0 Å². The Hall–Kier alpha value is -7.61. The predicted molar refractivity (Wildman–Crippen MR) is 205 cm³/mol. The molecule has 25 heteroatoms. The molecule has 0 bridgehead atoms. The zero-order valence-electron chi connectivity index (χ0n) is 29.8. The SMILES string of the molecule is Cc1cc(/N=N/c2cc(S(=O)(=O)O)c3cc(S(=O)(=O)O)c(/N=N/c4ccc(NC(=O)CCC(=O)O)cc4[N+](=O)[O-])c(O)c3c2N)ccc1/N=N/c1cccc(C(=O)O)c1. The number of aliphatic carboxylic acids is 1. The van der Waals surface area contributed by atoms with Crippen LogP contribution in [0.5, 0.6) is 5.75 Å². The lowest BCUT2D eigenvalue weighted by molar-refractivity contribution is -0.384. The number of carbonyl (C=O) groups excluding carboxylic acids is 1. The van der Waals surface area contributed by atoms with Gasteiger partial charge < -0.3 is 26.4 Å². The van der Waals surface area contributed by atoms with Crippen LogP contribution in [-0.4, -0.2) is 64.0 Å². The van der Waals surface area contributed by atoms with Gasteiger partial charge in [0, 0.05) is 23.6 Å². The molecule has 0 aliphatic heterocycles. The number of phenols is 1. The zero-order valence-corrected chi connectivity index (χ0v) is 31.4. The van der Waals surface area contributed by atoms with Crippen molar-refractivity contribution < 1.29 is 60.6 Å². The maximum Gasteiger partial charge on any atom is 0.335 e. The summed E-state index contributed by atoms with van der Waals surface area (Å²) >= 11 is 0. The van der Waals surface area contributed by atoms with Crippen molar-refractivity contribution in [3.63, 3.8) is 0 Å². The van der Waals surface area contributed by atoms with Crippen LogP contribution in [0.4, 0.5) is 51.2 Å². The van der Waals surface area contributed by atoms with E-state index in [1.165, 1.54) is 36.4 Å². The van der Waals surface area contributed by atoms with Crippen molar-refractivity contribution in [2.75, 3.05) is 11.1 Å². The third-order valence-electron chi connectivity index (χ3n) is 7.97. The molecule has 8 N–H and O–H groups in total. The third-order valence-corrected chi connectivity index (χ3v) is 9.73. The number of fused-ring (bicyclic) bond motifs is 1. The molecule has 59 heavy (non-hydrogen) atoms. The number of aromatic carboxylic acids is 1. The molecule has 304 valence electrons. The molecule has 0 aliphatic carbocycles. The monoisotopic (exact) mass is 849 g/mol. The van der Waals surface area contributed by atoms with E-state index in [0.29, 0.717) is 23.4 Å². The number of hydrogen-bond donors (Lipinski definition) is 7. The normalized spacial score (nSPS) is 12.1. The lowest BCUT2D eigenvalue weighted by Crippen LogP contribution is -2.13. The number of nitrogens with one attached hydrogen (secondary N) is 1. The van der Waals surface area contributed by atoms with Crippen LogP contribution in [-0.2, 0) is 29.8 Å². The molecule has 0 atom stereocenters. The second-order valence-corrected chi connectivity index (χ2v) is 14.9. The van der Waals surface area contributed by atoms with Crippen LogP contribution in [0.1, 0.15) is 28.8 Å². The van der Waals surface area contributed by atoms with E-state index in [9.17, 15) is 60.7 Å². The number of nitrogen functional groups attached to an aromatic ring is 1. The van der Waals surface area contributed by atoms with E-state index in [1.807, 2.05) is 0 Å². The molecular formula is C34H27N9O14S2. The number of azo groups is 3. The number of anilines is 2. The van der Waals surface area contributed by atoms with Gasteiger partial charge in [-0.3, -0.25) is 28.8 Å². The first-order valence-electron chi connectivity index (χ1n) is 16.2. The average molecular weight is 850 g/mol. The lowest BCUT2D eigenvalue weighted by Gasteiger charge is -2.14. The van der Waals surface area contributed by atoms with E-state index in [1.54, 1.807) is 13.0 Å². The second kappa shape index (κ2) is 16.9. The number of carboxylic acids is 2. The quantitative estimate of drug-likeness (QED) is 0.0186. The third kappa shape index (κ3) is 10.0. The number of nitrogens with zero attached hydrogens (tertiary/aromatic N) is 7.